The molecule has 2 fully saturated rings. The van der Waals surface area contributed by atoms with E-state index in [0.717, 1.165) is 19.0 Å². The summed E-state index contributed by atoms with van der Waals surface area (Å²) in [5.41, 5.74) is 6.21. The van der Waals surface area contributed by atoms with Crippen molar-refractivity contribution in [2.24, 2.45) is 5.92 Å². The Morgan fingerprint density at radius 1 is 1.36 bits per heavy atom. The zero-order chi connectivity index (χ0) is 15.1. The van der Waals surface area contributed by atoms with E-state index in [9.17, 15) is 4.39 Å². The van der Waals surface area contributed by atoms with Crippen molar-refractivity contribution in [1.29, 1.82) is 0 Å². The van der Waals surface area contributed by atoms with E-state index in [1.54, 1.807) is 6.07 Å². The molecular weight excluding hydrogens is 283 g/mol. The second-order valence-corrected chi connectivity index (χ2v) is 6.48. The fourth-order valence-electron chi connectivity index (χ4n) is 3.49. The summed E-state index contributed by atoms with van der Waals surface area (Å²) < 4.78 is 19.8. The van der Waals surface area contributed by atoms with Crippen LogP contribution in [-0.4, -0.2) is 40.8 Å². The summed E-state index contributed by atoms with van der Waals surface area (Å²) in [6.45, 7) is 2.91. The standard InChI is InChI=1S/C16H21FN4O/c17-13-6-12(7-14-15(13)16(18)20-19-14)22-9-10-4-5-21(8-10)11-2-1-3-11/h6-7,10-11H,1-5,8-9H2,(H3,18,19,20). The molecule has 1 unspecified atom stereocenters. The number of likely N-dealkylation sites (tertiary alicyclic amines) is 1. The second kappa shape index (κ2) is 5.43. The molecule has 2 aliphatic rings. The van der Waals surface area contributed by atoms with Gasteiger partial charge in [0.15, 0.2) is 5.82 Å². The molecule has 118 valence electrons. The van der Waals surface area contributed by atoms with Gasteiger partial charge in [-0.25, -0.2) is 4.39 Å². The number of nitrogens with one attached hydrogen (secondary N) is 1. The minimum Gasteiger partial charge on any atom is -0.493 e. The Bertz CT molecular complexity index is 682. The van der Waals surface area contributed by atoms with Gasteiger partial charge < -0.3 is 10.5 Å². The number of aromatic nitrogens is 2. The van der Waals surface area contributed by atoms with Crippen LogP contribution in [0.4, 0.5) is 10.2 Å². The molecule has 1 aliphatic heterocycles. The van der Waals surface area contributed by atoms with Crippen LogP contribution in [0.15, 0.2) is 12.1 Å². The van der Waals surface area contributed by atoms with Gasteiger partial charge in [0.1, 0.15) is 11.6 Å². The normalized spacial score (nSPS) is 23.0. The monoisotopic (exact) mass is 304 g/mol. The number of hydrogen-bond acceptors (Lipinski definition) is 4. The molecule has 0 radical (unpaired) electrons. The SMILES string of the molecule is Nc1n[nH]c2cc(OCC3CCN(C4CCC4)C3)cc(F)c12. The summed E-state index contributed by atoms with van der Waals surface area (Å²) >= 11 is 0. The predicted octanol–water partition coefficient (Wildman–Crippen LogP) is 2.54. The quantitative estimate of drug-likeness (QED) is 0.911. The van der Waals surface area contributed by atoms with Crippen molar-refractivity contribution in [1.82, 2.24) is 15.1 Å². The number of anilines is 1. The van der Waals surface area contributed by atoms with Gasteiger partial charge in [0.2, 0.25) is 0 Å². The summed E-state index contributed by atoms with van der Waals surface area (Å²) in [7, 11) is 0. The lowest BCUT2D eigenvalue weighted by Gasteiger charge is -2.34. The summed E-state index contributed by atoms with van der Waals surface area (Å²) in [5, 5.41) is 6.90. The maximum absolute atomic E-state index is 14.0. The lowest BCUT2D eigenvalue weighted by Crippen LogP contribution is -2.38. The lowest BCUT2D eigenvalue weighted by atomic mass is 9.92. The van der Waals surface area contributed by atoms with E-state index in [2.05, 4.69) is 15.1 Å². The largest absolute Gasteiger partial charge is 0.493 e. The molecule has 1 saturated carbocycles. The van der Waals surface area contributed by atoms with Gasteiger partial charge in [0.05, 0.1) is 17.5 Å². The van der Waals surface area contributed by atoms with Gasteiger partial charge in [-0.05, 0) is 25.8 Å². The first-order valence-electron chi connectivity index (χ1n) is 8.00. The number of halogens is 1. The van der Waals surface area contributed by atoms with E-state index >= 15 is 0 Å². The first-order valence-corrected chi connectivity index (χ1v) is 8.00. The molecule has 2 heterocycles. The number of aromatic amines is 1. The van der Waals surface area contributed by atoms with Crippen LogP contribution in [0.5, 0.6) is 5.75 Å². The Balaban J connectivity index is 1.39. The predicted molar refractivity (Wildman–Crippen MR) is 83.3 cm³/mol. The highest BCUT2D eigenvalue weighted by Crippen LogP contribution is 2.31. The first kappa shape index (κ1) is 13.8. The summed E-state index contributed by atoms with van der Waals surface area (Å²) in [5.74, 6) is 0.870. The number of hydrogen-bond donors (Lipinski definition) is 2. The molecule has 0 spiro atoms. The number of nitrogens with two attached hydrogens (primary N) is 1. The zero-order valence-corrected chi connectivity index (χ0v) is 12.5. The van der Waals surface area contributed by atoms with E-state index in [1.165, 1.54) is 31.9 Å². The Kier molecular flexibility index (Phi) is 3.41. The van der Waals surface area contributed by atoms with Crippen LogP contribution in [0.2, 0.25) is 0 Å². The molecule has 1 atom stereocenters. The minimum atomic E-state index is -0.388. The van der Waals surface area contributed by atoms with Crippen LogP contribution in [-0.2, 0) is 0 Å². The van der Waals surface area contributed by atoms with Crippen molar-refractivity contribution in [3.63, 3.8) is 0 Å². The van der Waals surface area contributed by atoms with Crippen LogP contribution >= 0.6 is 0 Å². The van der Waals surface area contributed by atoms with E-state index < -0.39 is 0 Å². The zero-order valence-electron chi connectivity index (χ0n) is 12.5. The number of H-pyrrole nitrogens is 1. The van der Waals surface area contributed by atoms with Crippen molar-refractivity contribution in [3.8, 4) is 5.75 Å². The highest BCUT2D eigenvalue weighted by Gasteiger charge is 2.31. The Morgan fingerprint density at radius 2 is 2.23 bits per heavy atom. The fourth-order valence-corrected chi connectivity index (χ4v) is 3.49. The maximum Gasteiger partial charge on any atom is 0.156 e. The number of benzene rings is 1. The van der Waals surface area contributed by atoms with Crippen molar-refractivity contribution in [3.05, 3.63) is 17.9 Å². The smallest absolute Gasteiger partial charge is 0.156 e. The van der Waals surface area contributed by atoms with Gasteiger partial charge in [-0.15, -0.1) is 0 Å². The molecule has 5 nitrogen and oxygen atoms in total. The van der Waals surface area contributed by atoms with Gasteiger partial charge in [-0.3, -0.25) is 10.00 Å². The first-order chi connectivity index (χ1) is 10.7. The number of rotatable bonds is 4. The molecule has 6 heteroatoms. The third kappa shape index (κ3) is 2.41. The highest BCUT2D eigenvalue weighted by atomic mass is 19.1. The van der Waals surface area contributed by atoms with E-state index in [4.69, 9.17) is 10.5 Å². The number of nitrogens with zero attached hydrogens (tertiary/aromatic N) is 2. The summed E-state index contributed by atoms with van der Waals surface area (Å²) in [6.07, 6.45) is 5.22. The molecule has 4 rings (SSSR count). The van der Waals surface area contributed by atoms with Crippen LogP contribution in [0.3, 0.4) is 0 Å². The van der Waals surface area contributed by atoms with Gasteiger partial charge in [0.25, 0.3) is 0 Å². The molecule has 0 bridgehead atoms. The van der Waals surface area contributed by atoms with Crippen LogP contribution < -0.4 is 10.5 Å². The molecule has 1 aromatic heterocycles. The Hall–Kier alpha value is -1.82. The van der Waals surface area contributed by atoms with Gasteiger partial charge in [-0.1, -0.05) is 6.42 Å². The summed E-state index contributed by atoms with van der Waals surface area (Å²) in [4.78, 5) is 2.58. The maximum atomic E-state index is 14.0. The Morgan fingerprint density at radius 3 is 3.00 bits per heavy atom. The molecule has 3 N–H and O–H groups in total. The molecule has 1 aromatic carbocycles. The summed E-state index contributed by atoms with van der Waals surface area (Å²) in [6, 6.07) is 3.96. The average Bonchev–Trinajstić information content (AvgIpc) is 3.02. The molecule has 0 amide bonds. The second-order valence-electron chi connectivity index (χ2n) is 6.48. The third-order valence-corrected chi connectivity index (χ3v) is 5.01. The van der Waals surface area contributed by atoms with Crippen molar-refractivity contribution in [2.45, 2.75) is 31.7 Å². The van der Waals surface area contributed by atoms with Crippen molar-refractivity contribution in [2.75, 3.05) is 25.4 Å². The van der Waals surface area contributed by atoms with E-state index in [-0.39, 0.29) is 11.6 Å². The van der Waals surface area contributed by atoms with Gasteiger partial charge in [0, 0.05) is 30.6 Å². The van der Waals surface area contributed by atoms with Gasteiger partial charge >= 0.3 is 0 Å². The Labute approximate surface area is 128 Å². The topological polar surface area (TPSA) is 67.2 Å². The number of ether oxygens (including phenoxy) is 1. The minimum absolute atomic E-state index is 0.186. The van der Waals surface area contributed by atoms with Gasteiger partial charge in [-0.2, -0.15) is 5.10 Å². The molecular formula is C16H21FN4O. The fraction of sp³-hybridized carbons (Fsp3) is 0.562. The van der Waals surface area contributed by atoms with E-state index in [0.29, 0.717) is 29.2 Å². The average molecular weight is 304 g/mol. The van der Waals surface area contributed by atoms with Crippen LogP contribution in [0.25, 0.3) is 10.9 Å². The van der Waals surface area contributed by atoms with Crippen LogP contribution in [0, 0.1) is 11.7 Å². The molecule has 22 heavy (non-hydrogen) atoms. The lowest BCUT2D eigenvalue weighted by molar-refractivity contribution is 0.146. The van der Waals surface area contributed by atoms with Crippen molar-refractivity contribution >= 4 is 16.7 Å². The van der Waals surface area contributed by atoms with E-state index in [1.807, 2.05) is 0 Å². The molecule has 1 aliphatic carbocycles. The molecule has 2 aromatic rings. The number of fused-ring (bicyclic) bond motifs is 1. The van der Waals surface area contributed by atoms with Crippen molar-refractivity contribution < 1.29 is 9.13 Å². The molecule has 1 saturated heterocycles. The number of nitrogen functional groups attached to an aromatic ring is 1. The highest BCUT2D eigenvalue weighted by molar-refractivity contribution is 5.90. The van der Waals surface area contributed by atoms with Crippen LogP contribution in [0.1, 0.15) is 25.7 Å². The third-order valence-electron chi connectivity index (χ3n) is 5.01.